The summed E-state index contributed by atoms with van der Waals surface area (Å²) in [6, 6.07) is 12.3. The lowest BCUT2D eigenvalue weighted by atomic mass is 10.1. The van der Waals surface area contributed by atoms with Crippen LogP contribution in [0.1, 0.15) is 22.8 Å². The van der Waals surface area contributed by atoms with Crippen LogP contribution in [0, 0.1) is 0 Å². The second kappa shape index (κ2) is 8.45. The lowest BCUT2D eigenvalue weighted by Gasteiger charge is -2.03. The molecule has 0 saturated heterocycles. The van der Waals surface area contributed by atoms with E-state index in [0.29, 0.717) is 22.5 Å². The SMILES string of the molecule is CCNc1ccc(Br)cc(C(=O)C=Cc2ccccc2OC)c1=O. The number of para-hydroxylation sites is 1. The fourth-order valence-corrected chi connectivity index (χ4v) is 2.57. The van der Waals surface area contributed by atoms with E-state index in [2.05, 4.69) is 21.2 Å². The summed E-state index contributed by atoms with van der Waals surface area (Å²) in [5.41, 5.74) is 0.954. The van der Waals surface area contributed by atoms with Gasteiger partial charge < -0.3 is 10.1 Å². The highest BCUT2D eigenvalue weighted by atomic mass is 79.9. The molecule has 2 aromatic rings. The molecule has 0 saturated carbocycles. The monoisotopic (exact) mass is 387 g/mol. The van der Waals surface area contributed by atoms with Gasteiger partial charge in [0.25, 0.3) is 0 Å². The molecular formula is C19H18BrNO3. The summed E-state index contributed by atoms with van der Waals surface area (Å²) in [4.78, 5) is 25.0. The number of anilines is 1. The molecule has 2 rings (SSSR count). The Balaban J connectivity index is 2.41. The highest BCUT2D eigenvalue weighted by Gasteiger charge is 2.11. The van der Waals surface area contributed by atoms with Crippen molar-refractivity contribution in [2.45, 2.75) is 6.92 Å². The zero-order chi connectivity index (χ0) is 17.5. The molecule has 24 heavy (non-hydrogen) atoms. The van der Waals surface area contributed by atoms with Gasteiger partial charge in [0.15, 0.2) is 5.78 Å². The van der Waals surface area contributed by atoms with Crippen molar-refractivity contribution < 1.29 is 9.53 Å². The zero-order valence-corrected chi connectivity index (χ0v) is 15.1. The number of allylic oxidation sites excluding steroid dienone is 1. The smallest absolute Gasteiger partial charge is 0.212 e. The van der Waals surface area contributed by atoms with Gasteiger partial charge in [-0.15, -0.1) is 0 Å². The van der Waals surface area contributed by atoms with Crippen LogP contribution in [0.15, 0.2) is 57.8 Å². The number of hydrogen-bond acceptors (Lipinski definition) is 4. The molecule has 0 aliphatic heterocycles. The Labute approximate surface area is 149 Å². The van der Waals surface area contributed by atoms with Gasteiger partial charge in [0.05, 0.1) is 18.4 Å². The van der Waals surface area contributed by atoms with E-state index >= 15 is 0 Å². The zero-order valence-electron chi connectivity index (χ0n) is 13.5. The molecule has 0 atom stereocenters. The number of halogens is 1. The number of rotatable bonds is 6. The van der Waals surface area contributed by atoms with Crippen molar-refractivity contribution in [1.82, 2.24) is 0 Å². The molecule has 2 aromatic carbocycles. The number of ether oxygens (including phenoxy) is 1. The van der Waals surface area contributed by atoms with Gasteiger partial charge in [0.2, 0.25) is 5.43 Å². The third-order valence-electron chi connectivity index (χ3n) is 3.37. The molecule has 0 fully saturated rings. The van der Waals surface area contributed by atoms with Gasteiger partial charge in [0.1, 0.15) is 5.75 Å². The summed E-state index contributed by atoms with van der Waals surface area (Å²) in [6.45, 7) is 2.49. The van der Waals surface area contributed by atoms with E-state index in [-0.39, 0.29) is 16.8 Å². The average molecular weight is 388 g/mol. The highest BCUT2D eigenvalue weighted by Crippen LogP contribution is 2.19. The van der Waals surface area contributed by atoms with Crippen LogP contribution < -0.4 is 15.5 Å². The minimum Gasteiger partial charge on any atom is -0.496 e. The van der Waals surface area contributed by atoms with Crippen molar-refractivity contribution in [3.63, 3.8) is 0 Å². The van der Waals surface area contributed by atoms with E-state index in [1.165, 1.54) is 12.1 Å². The van der Waals surface area contributed by atoms with E-state index in [1.807, 2.05) is 31.2 Å². The summed E-state index contributed by atoms with van der Waals surface area (Å²) in [5.74, 6) is 0.305. The average Bonchev–Trinajstić information content (AvgIpc) is 2.73. The van der Waals surface area contributed by atoms with Crippen LogP contribution in [-0.4, -0.2) is 19.4 Å². The van der Waals surface area contributed by atoms with Crippen LogP contribution in [0.4, 0.5) is 5.69 Å². The first kappa shape index (κ1) is 17.9. The first-order valence-electron chi connectivity index (χ1n) is 7.50. The van der Waals surface area contributed by atoms with E-state index in [4.69, 9.17) is 4.74 Å². The Morgan fingerprint density at radius 1 is 1.25 bits per heavy atom. The van der Waals surface area contributed by atoms with Crippen LogP contribution in [0.2, 0.25) is 0 Å². The molecule has 0 unspecified atom stereocenters. The summed E-state index contributed by atoms with van der Waals surface area (Å²) < 4.78 is 5.92. The van der Waals surface area contributed by atoms with Crippen molar-refractivity contribution in [2.75, 3.05) is 19.0 Å². The lowest BCUT2D eigenvalue weighted by molar-refractivity contribution is 0.104. The molecule has 0 bridgehead atoms. The van der Waals surface area contributed by atoms with Crippen molar-refractivity contribution in [1.29, 1.82) is 0 Å². The maximum atomic E-state index is 12.5. The Kier molecular flexibility index (Phi) is 6.32. The predicted molar refractivity (Wildman–Crippen MR) is 101 cm³/mol. The maximum Gasteiger partial charge on any atom is 0.212 e. The fourth-order valence-electron chi connectivity index (χ4n) is 2.21. The van der Waals surface area contributed by atoms with Gasteiger partial charge in [-0.1, -0.05) is 34.1 Å². The maximum absolute atomic E-state index is 12.5. The molecule has 1 N–H and O–H groups in total. The topological polar surface area (TPSA) is 55.4 Å². The molecule has 124 valence electrons. The van der Waals surface area contributed by atoms with Gasteiger partial charge in [-0.3, -0.25) is 9.59 Å². The number of carbonyl (C=O) groups excluding carboxylic acids is 1. The molecule has 0 aromatic heterocycles. The molecule has 0 heterocycles. The second-order valence-electron chi connectivity index (χ2n) is 4.99. The Morgan fingerprint density at radius 2 is 2.00 bits per heavy atom. The number of hydrogen-bond donors (Lipinski definition) is 1. The normalized spacial score (nSPS) is 10.6. The number of ketones is 1. The second-order valence-corrected chi connectivity index (χ2v) is 5.90. The van der Waals surface area contributed by atoms with E-state index in [9.17, 15) is 9.59 Å². The molecule has 0 aliphatic rings. The molecule has 0 aliphatic carbocycles. The predicted octanol–water partition coefficient (Wildman–Crippen LogP) is 4.15. The van der Waals surface area contributed by atoms with Gasteiger partial charge in [-0.25, -0.2) is 0 Å². The Bertz CT molecular complexity index is 831. The molecule has 0 spiro atoms. The third-order valence-corrected chi connectivity index (χ3v) is 3.86. The highest BCUT2D eigenvalue weighted by molar-refractivity contribution is 9.10. The first-order valence-corrected chi connectivity index (χ1v) is 8.29. The number of benzene rings is 1. The number of methoxy groups -OCH3 is 1. The number of carbonyl (C=O) groups is 1. The quantitative estimate of drug-likeness (QED) is 0.597. The molecule has 5 heteroatoms. The number of nitrogens with one attached hydrogen (secondary N) is 1. The van der Waals surface area contributed by atoms with E-state index < -0.39 is 0 Å². The van der Waals surface area contributed by atoms with Gasteiger partial charge >= 0.3 is 0 Å². The standard InChI is InChI=1S/C19H18BrNO3/c1-3-21-16-10-9-14(20)12-15(19(16)23)17(22)11-8-13-6-4-5-7-18(13)24-2/h4-12H,3H2,1-2H3,(H,21,23). The van der Waals surface area contributed by atoms with Crippen molar-refractivity contribution in [3.05, 3.63) is 74.4 Å². The van der Waals surface area contributed by atoms with Crippen LogP contribution in [0.3, 0.4) is 0 Å². The van der Waals surface area contributed by atoms with Crippen molar-refractivity contribution in [2.24, 2.45) is 0 Å². The molecule has 0 amide bonds. The fraction of sp³-hybridized carbons (Fsp3) is 0.158. The summed E-state index contributed by atoms with van der Waals surface area (Å²) in [6.07, 6.45) is 3.03. The van der Waals surface area contributed by atoms with Gasteiger partial charge in [0, 0.05) is 16.6 Å². The summed E-state index contributed by atoms with van der Waals surface area (Å²) in [7, 11) is 1.57. The summed E-state index contributed by atoms with van der Waals surface area (Å²) in [5, 5.41) is 2.98. The van der Waals surface area contributed by atoms with Crippen LogP contribution in [0.5, 0.6) is 5.75 Å². The van der Waals surface area contributed by atoms with Crippen LogP contribution in [-0.2, 0) is 0 Å². The summed E-state index contributed by atoms with van der Waals surface area (Å²) >= 11 is 3.34. The molecule has 0 radical (unpaired) electrons. The minimum absolute atomic E-state index is 0.106. The van der Waals surface area contributed by atoms with E-state index in [1.54, 1.807) is 25.3 Å². The van der Waals surface area contributed by atoms with Crippen LogP contribution in [0.25, 0.3) is 6.08 Å². The van der Waals surface area contributed by atoms with E-state index in [0.717, 1.165) is 5.56 Å². The van der Waals surface area contributed by atoms with Crippen molar-refractivity contribution in [3.8, 4) is 5.75 Å². The van der Waals surface area contributed by atoms with Crippen LogP contribution >= 0.6 is 15.9 Å². The Morgan fingerprint density at radius 3 is 2.71 bits per heavy atom. The minimum atomic E-state index is -0.359. The Hall–Kier alpha value is -2.40. The van der Waals surface area contributed by atoms with Gasteiger partial charge in [-0.05, 0) is 43.3 Å². The lowest BCUT2D eigenvalue weighted by Crippen LogP contribution is -2.15. The molecular weight excluding hydrogens is 370 g/mol. The molecule has 4 nitrogen and oxygen atoms in total. The first-order chi connectivity index (χ1) is 11.6. The van der Waals surface area contributed by atoms with Crippen molar-refractivity contribution >= 4 is 33.5 Å². The van der Waals surface area contributed by atoms with Gasteiger partial charge in [-0.2, -0.15) is 0 Å². The third kappa shape index (κ3) is 4.32. The largest absolute Gasteiger partial charge is 0.496 e.